The van der Waals surface area contributed by atoms with Gasteiger partial charge in [0.25, 0.3) is 5.91 Å². The van der Waals surface area contributed by atoms with Crippen LogP contribution in [-0.2, 0) is 11.3 Å². The van der Waals surface area contributed by atoms with E-state index in [9.17, 15) is 9.59 Å². The number of hydrogen-bond acceptors (Lipinski definition) is 5. The first-order valence-electron chi connectivity index (χ1n) is 15.8. The number of amides is 2. The van der Waals surface area contributed by atoms with Gasteiger partial charge in [-0.2, -0.15) is 0 Å². The zero-order chi connectivity index (χ0) is 31.3. The van der Waals surface area contributed by atoms with Gasteiger partial charge in [0, 0.05) is 43.5 Å². The van der Waals surface area contributed by atoms with E-state index in [1.807, 2.05) is 61.5 Å². The molecule has 0 aliphatic rings. The van der Waals surface area contributed by atoms with Gasteiger partial charge in [-0.3, -0.25) is 9.59 Å². The number of anilines is 3. The number of imidazole rings is 1. The van der Waals surface area contributed by atoms with Crippen molar-refractivity contribution in [1.29, 1.82) is 0 Å². The first kappa shape index (κ1) is 36.6. The van der Waals surface area contributed by atoms with Crippen molar-refractivity contribution in [2.75, 3.05) is 37.8 Å². The molecule has 8 nitrogen and oxygen atoms in total. The van der Waals surface area contributed by atoms with E-state index in [0.29, 0.717) is 5.56 Å². The van der Waals surface area contributed by atoms with Crippen molar-refractivity contribution < 1.29 is 9.59 Å². The number of nitrogens with zero attached hydrogens (tertiary/aromatic N) is 3. The Bertz CT molecular complexity index is 1160. The van der Waals surface area contributed by atoms with Gasteiger partial charge in [0.1, 0.15) is 0 Å². The number of fused-ring (bicyclic) bond motifs is 1. The molecule has 0 saturated heterocycles. The molecular weight excluding hydrogens is 524 g/mol. The number of aromatic nitrogens is 2. The van der Waals surface area contributed by atoms with E-state index in [1.54, 1.807) is 0 Å². The van der Waals surface area contributed by atoms with Crippen molar-refractivity contribution in [1.82, 2.24) is 19.8 Å². The second kappa shape index (κ2) is 21.3. The third-order valence-corrected chi connectivity index (χ3v) is 6.46. The van der Waals surface area contributed by atoms with E-state index >= 15 is 0 Å². The van der Waals surface area contributed by atoms with Crippen LogP contribution in [0.4, 0.5) is 17.3 Å². The molecule has 0 fully saturated rings. The Morgan fingerprint density at radius 2 is 1.33 bits per heavy atom. The number of benzene rings is 2. The third-order valence-electron chi connectivity index (χ3n) is 6.46. The van der Waals surface area contributed by atoms with E-state index in [1.165, 1.54) is 26.2 Å². The lowest BCUT2D eigenvalue weighted by Gasteiger charge is -2.22. The van der Waals surface area contributed by atoms with Crippen LogP contribution in [0.1, 0.15) is 103 Å². The van der Waals surface area contributed by atoms with Gasteiger partial charge in [-0.25, -0.2) is 4.98 Å². The average Bonchev–Trinajstić information content (AvgIpc) is 3.31. The summed E-state index contributed by atoms with van der Waals surface area (Å²) < 4.78 is 2.14. The van der Waals surface area contributed by atoms with Gasteiger partial charge in [0.05, 0.1) is 11.0 Å². The summed E-state index contributed by atoms with van der Waals surface area (Å²) in [6, 6.07) is 13.4. The highest BCUT2D eigenvalue weighted by molar-refractivity contribution is 5.98. The van der Waals surface area contributed by atoms with Crippen molar-refractivity contribution in [3.63, 3.8) is 0 Å². The molecule has 0 unspecified atom stereocenters. The fraction of sp³-hybridized carbons (Fsp3) is 0.559. The van der Waals surface area contributed by atoms with Crippen LogP contribution in [0.3, 0.4) is 0 Å². The van der Waals surface area contributed by atoms with Crippen molar-refractivity contribution in [2.24, 2.45) is 0 Å². The fourth-order valence-corrected chi connectivity index (χ4v) is 4.32. The maximum atomic E-state index is 13.3. The van der Waals surface area contributed by atoms with Crippen LogP contribution in [0.2, 0.25) is 0 Å². The molecule has 0 saturated carbocycles. The molecule has 0 aliphatic heterocycles. The molecule has 42 heavy (non-hydrogen) atoms. The minimum absolute atomic E-state index is 0.0936. The Hall–Kier alpha value is -3.39. The highest BCUT2D eigenvalue weighted by Crippen LogP contribution is 2.26. The van der Waals surface area contributed by atoms with Gasteiger partial charge >= 0.3 is 0 Å². The second-order valence-corrected chi connectivity index (χ2v) is 10.5. The summed E-state index contributed by atoms with van der Waals surface area (Å²) in [5.41, 5.74) is 4.15. The van der Waals surface area contributed by atoms with Gasteiger partial charge in [-0.15, -0.1) is 0 Å². The Balaban J connectivity index is 0.000000978. The van der Waals surface area contributed by atoms with Crippen LogP contribution in [-0.4, -0.2) is 53.5 Å². The lowest BCUT2D eigenvalue weighted by atomic mass is 10.1. The molecular formula is C34H56N6O2. The number of carbonyl (C=O) groups is 2. The summed E-state index contributed by atoms with van der Waals surface area (Å²) in [6.45, 7) is 14.7. The summed E-state index contributed by atoms with van der Waals surface area (Å²) in [4.78, 5) is 31.4. The number of unbranched alkanes of at least 4 members (excludes halogenated alkanes) is 4. The van der Waals surface area contributed by atoms with Crippen molar-refractivity contribution in [3.05, 3.63) is 48.0 Å². The molecule has 8 heteroatoms. The maximum Gasteiger partial charge on any atom is 0.253 e. The molecule has 0 bridgehead atoms. The summed E-state index contributed by atoms with van der Waals surface area (Å²) in [6.07, 6.45) is 9.19. The molecule has 0 radical (unpaired) electrons. The van der Waals surface area contributed by atoms with Crippen molar-refractivity contribution in [3.8, 4) is 0 Å². The summed E-state index contributed by atoms with van der Waals surface area (Å²) >= 11 is 0. The standard InChI is InChI=1S/C27H37N5O2.C5H12.C2H7N/c1-5-8-17-31(18-9-6-2)26(34)21-10-15-24-25(19-21)32(16-7-3)27(30-24)29-23-13-11-22(12-14-23)28-20(4)33;1-3-5-4-2;1-3-2/h10-15,19H,5-9,16-18H2,1-4H3,(H,28,33)(H,29,30);3-5H2,1-2H3;3H,1-2H3. The molecule has 0 spiro atoms. The maximum absolute atomic E-state index is 13.3. The smallest absolute Gasteiger partial charge is 0.253 e. The van der Waals surface area contributed by atoms with Gasteiger partial charge in [-0.1, -0.05) is 66.7 Å². The minimum atomic E-state index is -0.0984. The summed E-state index contributed by atoms with van der Waals surface area (Å²) in [7, 11) is 3.75. The van der Waals surface area contributed by atoms with Gasteiger partial charge < -0.3 is 25.4 Å². The highest BCUT2D eigenvalue weighted by Gasteiger charge is 2.18. The molecule has 0 aliphatic carbocycles. The summed E-state index contributed by atoms with van der Waals surface area (Å²) in [5, 5.41) is 8.93. The van der Waals surface area contributed by atoms with E-state index < -0.39 is 0 Å². The SMILES string of the molecule is CCCCC.CCCCN(CCCC)C(=O)c1ccc2nc(Nc3ccc(NC(C)=O)cc3)n(CCC)c2c1.CNC. The minimum Gasteiger partial charge on any atom is -0.339 e. The zero-order valence-electron chi connectivity index (χ0n) is 27.5. The molecule has 3 rings (SSSR count). The number of carbonyl (C=O) groups excluding carboxylic acids is 2. The van der Waals surface area contributed by atoms with Crippen LogP contribution < -0.4 is 16.0 Å². The molecule has 1 aromatic heterocycles. The average molecular weight is 581 g/mol. The quantitative estimate of drug-likeness (QED) is 0.179. The number of aryl methyl sites for hydroxylation is 1. The Morgan fingerprint density at radius 1 is 0.786 bits per heavy atom. The lowest BCUT2D eigenvalue weighted by molar-refractivity contribution is -0.114. The molecule has 234 valence electrons. The second-order valence-electron chi connectivity index (χ2n) is 10.5. The van der Waals surface area contributed by atoms with Gasteiger partial charge in [-0.05, 0) is 75.8 Å². The first-order chi connectivity index (χ1) is 20.3. The number of hydrogen-bond donors (Lipinski definition) is 3. The van der Waals surface area contributed by atoms with Crippen LogP contribution >= 0.6 is 0 Å². The zero-order valence-corrected chi connectivity index (χ0v) is 27.5. The van der Waals surface area contributed by atoms with E-state index in [4.69, 9.17) is 4.98 Å². The normalized spacial score (nSPS) is 10.3. The largest absolute Gasteiger partial charge is 0.339 e. The van der Waals surface area contributed by atoms with Gasteiger partial charge in [0.2, 0.25) is 11.9 Å². The predicted molar refractivity (Wildman–Crippen MR) is 180 cm³/mol. The molecule has 2 aromatic carbocycles. The first-order valence-corrected chi connectivity index (χ1v) is 15.8. The Labute approximate surface area is 254 Å². The Morgan fingerprint density at radius 3 is 1.81 bits per heavy atom. The monoisotopic (exact) mass is 580 g/mol. The molecule has 3 N–H and O–H groups in total. The van der Waals surface area contributed by atoms with E-state index in [0.717, 1.165) is 80.1 Å². The summed E-state index contributed by atoms with van der Waals surface area (Å²) in [5.74, 6) is 0.734. The van der Waals surface area contributed by atoms with Crippen LogP contribution in [0.25, 0.3) is 11.0 Å². The Kier molecular flexibility index (Phi) is 18.6. The molecule has 2 amide bonds. The fourth-order valence-electron chi connectivity index (χ4n) is 4.32. The topological polar surface area (TPSA) is 91.3 Å². The van der Waals surface area contributed by atoms with Crippen LogP contribution in [0.5, 0.6) is 0 Å². The van der Waals surface area contributed by atoms with E-state index in [-0.39, 0.29) is 11.8 Å². The third kappa shape index (κ3) is 12.6. The molecule has 1 heterocycles. The lowest BCUT2D eigenvalue weighted by Crippen LogP contribution is -2.32. The van der Waals surface area contributed by atoms with E-state index in [2.05, 4.69) is 55.1 Å². The van der Waals surface area contributed by atoms with Crippen molar-refractivity contribution in [2.45, 2.75) is 99.5 Å². The van der Waals surface area contributed by atoms with Crippen LogP contribution in [0.15, 0.2) is 42.5 Å². The van der Waals surface area contributed by atoms with Crippen molar-refractivity contribution >= 4 is 40.2 Å². The number of rotatable bonds is 14. The van der Waals surface area contributed by atoms with Crippen LogP contribution in [0, 0.1) is 0 Å². The molecule has 0 atom stereocenters. The predicted octanol–water partition coefficient (Wildman–Crippen LogP) is 8.22. The van der Waals surface area contributed by atoms with Gasteiger partial charge in [0.15, 0.2) is 0 Å². The number of nitrogens with one attached hydrogen (secondary N) is 3. The molecule has 3 aromatic rings. The highest BCUT2D eigenvalue weighted by atomic mass is 16.2.